The Morgan fingerprint density at radius 1 is 0.897 bits per heavy atom. The van der Waals surface area contributed by atoms with Gasteiger partial charge in [-0.2, -0.15) is 0 Å². The summed E-state index contributed by atoms with van der Waals surface area (Å²) in [6.07, 6.45) is 1.79. The molecule has 6 rings (SSSR count). The van der Waals surface area contributed by atoms with Crippen molar-refractivity contribution in [2.75, 3.05) is 51.3 Å². The van der Waals surface area contributed by atoms with Gasteiger partial charge in [0.2, 0.25) is 5.91 Å². The Hall–Kier alpha value is -3.36. The van der Waals surface area contributed by atoms with E-state index in [9.17, 15) is 4.79 Å². The van der Waals surface area contributed by atoms with Crippen molar-refractivity contribution in [3.63, 3.8) is 0 Å². The van der Waals surface area contributed by atoms with E-state index in [0.717, 1.165) is 97.1 Å². The Balaban J connectivity index is 1.07. The standard InChI is InChI=1S/C31H34BrN5O2/c1-39-27-6-4-5-26(21-27)35-17-19-36(20-18-35)31(38)23-13-15-34(16-14-23)22-30-33-28-7-2-3-8-29(28)37(30)25-11-9-24(32)10-12-25/h2-12,21,23H,13-20,22H2,1H3. The number of rotatable bonds is 6. The lowest BCUT2D eigenvalue weighted by Gasteiger charge is -2.39. The van der Waals surface area contributed by atoms with Crippen molar-refractivity contribution in [3.8, 4) is 11.4 Å². The second-order valence-corrected chi connectivity index (χ2v) is 11.3. The zero-order valence-corrected chi connectivity index (χ0v) is 23.9. The highest BCUT2D eigenvalue weighted by Crippen LogP contribution is 2.27. The molecule has 1 amide bonds. The van der Waals surface area contributed by atoms with Crippen molar-refractivity contribution in [1.29, 1.82) is 0 Å². The minimum atomic E-state index is 0.106. The summed E-state index contributed by atoms with van der Waals surface area (Å²) in [6.45, 7) is 5.83. The smallest absolute Gasteiger partial charge is 0.225 e. The monoisotopic (exact) mass is 587 g/mol. The van der Waals surface area contributed by atoms with E-state index in [1.165, 1.54) is 0 Å². The van der Waals surface area contributed by atoms with Gasteiger partial charge in [0.15, 0.2) is 0 Å². The number of anilines is 1. The van der Waals surface area contributed by atoms with Gasteiger partial charge in [-0.3, -0.25) is 14.3 Å². The van der Waals surface area contributed by atoms with Crippen LogP contribution in [0.3, 0.4) is 0 Å². The number of piperidine rings is 1. The summed E-state index contributed by atoms with van der Waals surface area (Å²) < 4.78 is 8.70. The maximum atomic E-state index is 13.4. The molecule has 3 heterocycles. The van der Waals surface area contributed by atoms with Gasteiger partial charge in [-0.15, -0.1) is 0 Å². The van der Waals surface area contributed by atoms with E-state index < -0.39 is 0 Å². The van der Waals surface area contributed by atoms with Gasteiger partial charge < -0.3 is 14.5 Å². The van der Waals surface area contributed by atoms with Gasteiger partial charge in [0.05, 0.1) is 24.7 Å². The number of hydrogen-bond acceptors (Lipinski definition) is 5. The highest BCUT2D eigenvalue weighted by molar-refractivity contribution is 9.10. The number of imidazole rings is 1. The third kappa shape index (κ3) is 5.54. The van der Waals surface area contributed by atoms with Crippen molar-refractivity contribution < 1.29 is 9.53 Å². The minimum Gasteiger partial charge on any atom is -0.497 e. The molecule has 0 unspecified atom stereocenters. The van der Waals surface area contributed by atoms with E-state index >= 15 is 0 Å². The predicted molar refractivity (Wildman–Crippen MR) is 159 cm³/mol. The lowest BCUT2D eigenvalue weighted by atomic mass is 9.95. The van der Waals surface area contributed by atoms with Gasteiger partial charge in [-0.05, 0) is 74.5 Å². The number of fused-ring (bicyclic) bond motifs is 1. The molecule has 0 saturated carbocycles. The van der Waals surface area contributed by atoms with Crippen molar-refractivity contribution >= 4 is 38.6 Å². The molecular weight excluding hydrogens is 554 g/mol. The van der Waals surface area contributed by atoms with E-state index in [4.69, 9.17) is 9.72 Å². The number of nitrogens with zero attached hydrogens (tertiary/aromatic N) is 5. The van der Waals surface area contributed by atoms with Crippen molar-refractivity contribution in [3.05, 3.63) is 83.1 Å². The Labute approximate surface area is 238 Å². The first kappa shape index (κ1) is 25.9. The molecule has 0 atom stereocenters. The number of aromatic nitrogens is 2. The van der Waals surface area contributed by atoms with Crippen LogP contribution in [0, 0.1) is 5.92 Å². The number of amides is 1. The molecule has 7 nitrogen and oxygen atoms in total. The molecule has 2 fully saturated rings. The number of carbonyl (C=O) groups excluding carboxylic acids is 1. The van der Waals surface area contributed by atoms with Gasteiger partial charge >= 0.3 is 0 Å². The van der Waals surface area contributed by atoms with Gasteiger partial charge in [0.25, 0.3) is 0 Å². The summed E-state index contributed by atoms with van der Waals surface area (Å²) in [6, 6.07) is 24.9. The third-order valence-electron chi connectivity index (χ3n) is 8.03. The molecule has 1 aromatic heterocycles. The molecule has 0 N–H and O–H groups in total. The number of halogens is 1. The highest BCUT2D eigenvalue weighted by atomic mass is 79.9. The first-order valence-electron chi connectivity index (χ1n) is 13.7. The topological polar surface area (TPSA) is 53.8 Å². The number of ether oxygens (including phenoxy) is 1. The summed E-state index contributed by atoms with van der Waals surface area (Å²) >= 11 is 3.55. The molecule has 0 bridgehead atoms. The molecular formula is C31H34BrN5O2. The van der Waals surface area contributed by atoms with E-state index in [-0.39, 0.29) is 5.92 Å². The Morgan fingerprint density at radius 2 is 1.64 bits per heavy atom. The fourth-order valence-corrected chi connectivity index (χ4v) is 6.11. The molecule has 39 heavy (non-hydrogen) atoms. The number of benzene rings is 3. The van der Waals surface area contributed by atoms with Crippen LogP contribution in [0.5, 0.6) is 5.75 Å². The number of carbonyl (C=O) groups is 1. The molecule has 0 aliphatic carbocycles. The molecule has 0 spiro atoms. The maximum Gasteiger partial charge on any atom is 0.225 e. The number of hydrogen-bond donors (Lipinski definition) is 0. The van der Waals surface area contributed by atoms with Crippen LogP contribution in [0.1, 0.15) is 18.7 Å². The third-order valence-corrected chi connectivity index (χ3v) is 8.56. The summed E-state index contributed by atoms with van der Waals surface area (Å²) in [5.41, 5.74) is 4.39. The summed E-state index contributed by atoms with van der Waals surface area (Å²) in [5.74, 6) is 2.33. The number of methoxy groups -OCH3 is 1. The lowest BCUT2D eigenvalue weighted by Crippen LogP contribution is -2.51. The van der Waals surface area contributed by atoms with Crippen LogP contribution < -0.4 is 9.64 Å². The number of likely N-dealkylation sites (tertiary alicyclic amines) is 1. The second-order valence-electron chi connectivity index (χ2n) is 10.4. The largest absolute Gasteiger partial charge is 0.497 e. The Morgan fingerprint density at radius 3 is 2.38 bits per heavy atom. The normalized spacial score (nSPS) is 17.1. The van der Waals surface area contributed by atoms with Crippen LogP contribution in [-0.2, 0) is 11.3 Å². The molecule has 202 valence electrons. The van der Waals surface area contributed by atoms with Crippen molar-refractivity contribution in [1.82, 2.24) is 19.4 Å². The van der Waals surface area contributed by atoms with E-state index in [1.807, 2.05) is 18.2 Å². The lowest BCUT2D eigenvalue weighted by molar-refractivity contribution is -0.137. The molecule has 2 saturated heterocycles. The van der Waals surface area contributed by atoms with Gasteiger partial charge in [0, 0.05) is 54.0 Å². The quantitative estimate of drug-likeness (QED) is 0.304. The predicted octanol–water partition coefficient (Wildman–Crippen LogP) is 5.36. The minimum absolute atomic E-state index is 0.106. The molecule has 3 aromatic carbocycles. The van der Waals surface area contributed by atoms with Crippen molar-refractivity contribution in [2.24, 2.45) is 5.92 Å². The SMILES string of the molecule is COc1cccc(N2CCN(C(=O)C3CCN(Cc4nc5ccccc5n4-c4ccc(Br)cc4)CC3)CC2)c1. The average molecular weight is 589 g/mol. The fraction of sp³-hybridized carbons (Fsp3) is 0.355. The highest BCUT2D eigenvalue weighted by Gasteiger charge is 2.31. The van der Waals surface area contributed by atoms with E-state index in [0.29, 0.717) is 5.91 Å². The zero-order valence-electron chi connectivity index (χ0n) is 22.3. The summed E-state index contributed by atoms with van der Waals surface area (Å²) in [7, 11) is 1.69. The number of piperazine rings is 1. The fourth-order valence-electron chi connectivity index (χ4n) is 5.85. The van der Waals surface area contributed by atoms with Crippen LogP contribution >= 0.6 is 15.9 Å². The summed E-state index contributed by atoms with van der Waals surface area (Å²) in [4.78, 5) is 25.3. The van der Waals surface area contributed by atoms with Crippen LogP contribution in [0.2, 0.25) is 0 Å². The van der Waals surface area contributed by atoms with Crippen LogP contribution in [0.15, 0.2) is 77.3 Å². The molecule has 0 radical (unpaired) electrons. The van der Waals surface area contributed by atoms with Gasteiger partial charge in [-0.1, -0.05) is 34.1 Å². The first-order valence-corrected chi connectivity index (χ1v) is 14.5. The van der Waals surface area contributed by atoms with Crippen molar-refractivity contribution in [2.45, 2.75) is 19.4 Å². The molecule has 2 aliphatic heterocycles. The molecule has 2 aliphatic rings. The molecule has 4 aromatic rings. The zero-order chi connectivity index (χ0) is 26.8. The van der Waals surface area contributed by atoms with Crippen LogP contribution in [-0.4, -0.2) is 71.6 Å². The van der Waals surface area contributed by atoms with E-state index in [2.05, 4.69) is 89.8 Å². The number of para-hydroxylation sites is 2. The average Bonchev–Trinajstić information content (AvgIpc) is 3.35. The first-order chi connectivity index (χ1) is 19.1. The maximum absolute atomic E-state index is 13.4. The second kappa shape index (κ2) is 11.4. The van der Waals surface area contributed by atoms with Gasteiger partial charge in [0.1, 0.15) is 11.6 Å². The van der Waals surface area contributed by atoms with Crippen LogP contribution in [0.4, 0.5) is 5.69 Å². The summed E-state index contributed by atoms with van der Waals surface area (Å²) in [5, 5.41) is 0. The van der Waals surface area contributed by atoms with E-state index in [1.54, 1.807) is 7.11 Å². The van der Waals surface area contributed by atoms with Gasteiger partial charge in [-0.25, -0.2) is 4.98 Å². The van der Waals surface area contributed by atoms with Crippen LogP contribution in [0.25, 0.3) is 16.7 Å². The Bertz CT molecular complexity index is 1440. The molecule has 8 heteroatoms. The Kier molecular flexibility index (Phi) is 7.57.